The minimum absolute atomic E-state index is 0.0130. The molecule has 0 aliphatic heterocycles. The summed E-state index contributed by atoms with van der Waals surface area (Å²) in [6.07, 6.45) is -0.293. The Balaban J connectivity index is 2.11. The van der Waals surface area contributed by atoms with Crippen LogP contribution < -0.4 is 4.74 Å². The maximum Gasteiger partial charge on any atom is 0.248 e. The van der Waals surface area contributed by atoms with Gasteiger partial charge in [-0.1, -0.05) is 18.2 Å². The van der Waals surface area contributed by atoms with Crippen molar-refractivity contribution in [2.45, 2.75) is 57.7 Å². The number of aliphatic hydroxyl groups is 1. The van der Waals surface area contributed by atoms with Gasteiger partial charge in [0.15, 0.2) is 0 Å². The van der Waals surface area contributed by atoms with Crippen LogP contribution in [0.5, 0.6) is 5.75 Å². The second-order valence-electron chi connectivity index (χ2n) is 5.84. The van der Waals surface area contributed by atoms with Crippen LogP contribution in [-0.2, 0) is 0 Å². The Kier molecular flexibility index (Phi) is 4.63. The van der Waals surface area contributed by atoms with Crippen molar-refractivity contribution < 1.29 is 18.6 Å². The third-order valence-corrected chi connectivity index (χ3v) is 3.81. The molecule has 0 radical (unpaired) electrons. The second kappa shape index (κ2) is 6.08. The molecule has 0 amide bonds. The Morgan fingerprint density at radius 1 is 1.20 bits per heavy atom. The lowest BCUT2D eigenvalue weighted by Gasteiger charge is -2.32. The van der Waals surface area contributed by atoms with E-state index in [1.165, 1.54) is 0 Å². The molecule has 1 unspecified atom stereocenters. The summed E-state index contributed by atoms with van der Waals surface area (Å²) in [4.78, 5) is 0. The van der Waals surface area contributed by atoms with E-state index in [9.17, 15) is 13.9 Å². The smallest absolute Gasteiger partial charge is 0.248 e. The van der Waals surface area contributed by atoms with Crippen LogP contribution in [0.3, 0.4) is 0 Å². The van der Waals surface area contributed by atoms with Crippen molar-refractivity contribution in [1.29, 1.82) is 0 Å². The molecule has 0 heterocycles. The summed E-state index contributed by atoms with van der Waals surface area (Å²) >= 11 is 0. The lowest BCUT2D eigenvalue weighted by molar-refractivity contribution is -0.0629. The van der Waals surface area contributed by atoms with Gasteiger partial charge >= 0.3 is 0 Å². The van der Waals surface area contributed by atoms with Crippen molar-refractivity contribution in [1.82, 2.24) is 0 Å². The first-order chi connectivity index (χ1) is 9.39. The van der Waals surface area contributed by atoms with Crippen LogP contribution in [0.2, 0.25) is 0 Å². The van der Waals surface area contributed by atoms with Crippen molar-refractivity contribution >= 4 is 0 Å². The summed E-state index contributed by atoms with van der Waals surface area (Å²) in [6, 6.07) is 7.32. The number of alkyl halides is 2. The van der Waals surface area contributed by atoms with Gasteiger partial charge < -0.3 is 9.84 Å². The standard InChI is InChI=1S/C16H22F2O2/c1-11(2)20-14-6-4-3-5-13(14)15(19)12-7-9-16(17,18)10-8-12/h3-6,11-12,15,19H,7-10H2,1-2H3. The van der Waals surface area contributed by atoms with E-state index < -0.39 is 12.0 Å². The second-order valence-corrected chi connectivity index (χ2v) is 5.84. The number of hydrogen-bond donors (Lipinski definition) is 1. The van der Waals surface area contributed by atoms with E-state index >= 15 is 0 Å². The number of para-hydroxylation sites is 1. The van der Waals surface area contributed by atoms with Gasteiger partial charge in [0.2, 0.25) is 5.92 Å². The first-order valence-corrected chi connectivity index (χ1v) is 7.20. The number of halogens is 2. The van der Waals surface area contributed by atoms with Crippen molar-refractivity contribution in [3.63, 3.8) is 0 Å². The monoisotopic (exact) mass is 284 g/mol. The quantitative estimate of drug-likeness (QED) is 0.891. The predicted molar refractivity (Wildman–Crippen MR) is 74.1 cm³/mol. The summed E-state index contributed by atoms with van der Waals surface area (Å²) in [5.74, 6) is -2.04. The first-order valence-electron chi connectivity index (χ1n) is 7.20. The van der Waals surface area contributed by atoms with Gasteiger partial charge in [0.25, 0.3) is 0 Å². The molecule has 1 N–H and O–H groups in total. The van der Waals surface area contributed by atoms with Crippen LogP contribution in [0.1, 0.15) is 51.2 Å². The van der Waals surface area contributed by atoms with Crippen LogP contribution in [0.4, 0.5) is 8.78 Å². The molecule has 4 heteroatoms. The summed E-state index contributed by atoms with van der Waals surface area (Å²) in [6.45, 7) is 3.84. The summed E-state index contributed by atoms with van der Waals surface area (Å²) < 4.78 is 32.1. The Hall–Kier alpha value is -1.16. The first kappa shape index (κ1) is 15.2. The van der Waals surface area contributed by atoms with E-state index in [1.807, 2.05) is 38.1 Å². The Morgan fingerprint density at radius 3 is 2.40 bits per heavy atom. The highest BCUT2D eigenvalue weighted by atomic mass is 19.3. The Labute approximate surface area is 118 Å². The highest BCUT2D eigenvalue weighted by Crippen LogP contribution is 2.43. The van der Waals surface area contributed by atoms with E-state index in [1.54, 1.807) is 0 Å². The van der Waals surface area contributed by atoms with Crippen molar-refractivity contribution in [3.8, 4) is 5.75 Å². The van der Waals surface area contributed by atoms with Gasteiger partial charge in [-0.15, -0.1) is 0 Å². The average molecular weight is 284 g/mol. The van der Waals surface area contributed by atoms with Crippen LogP contribution in [0, 0.1) is 5.92 Å². The van der Waals surface area contributed by atoms with E-state index in [0.29, 0.717) is 24.2 Å². The third-order valence-electron chi connectivity index (χ3n) is 3.81. The van der Waals surface area contributed by atoms with Gasteiger partial charge in [-0.3, -0.25) is 0 Å². The number of ether oxygens (including phenoxy) is 1. The van der Waals surface area contributed by atoms with Gasteiger partial charge in [-0.2, -0.15) is 0 Å². The zero-order valence-corrected chi connectivity index (χ0v) is 12.0. The van der Waals surface area contributed by atoms with Crippen molar-refractivity contribution in [3.05, 3.63) is 29.8 Å². The molecule has 2 rings (SSSR count). The summed E-state index contributed by atoms with van der Waals surface area (Å²) in [7, 11) is 0. The van der Waals surface area contributed by atoms with Gasteiger partial charge in [0.05, 0.1) is 12.2 Å². The number of aliphatic hydroxyl groups excluding tert-OH is 1. The molecule has 1 aromatic rings. The summed E-state index contributed by atoms with van der Waals surface area (Å²) in [5, 5.41) is 10.5. The van der Waals surface area contributed by atoms with Crippen LogP contribution in [-0.4, -0.2) is 17.1 Å². The molecular formula is C16H22F2O2. The maximum absolute atomic E-state index is 13.2. The lowest BCUT2D eigenvalue weighted by atomic mass is 9.81. The van der Waals surface area contributed by atoms with E-state index in [2.05, 4.69) is 0 Å². The molecule has 1 saturated carbocycles. The summed E-state index contributed by atoms with van der Waals surface area (Å²) in [5.41, 5.74) is 0.705. The fourth-order valence-corrected chi connectivity index (χ4v) is 2.72. The topological polar surface area (TPSA) is 29.5 Å². The molecule has 112 valence electrons. The van der Waals surface area contributed by atoms with Crippen LogP contribution in [0.25, 0.3) is 0 Å². The zero-order valence-electron chi connectivity index (χ0n) is 12.0. The Bertz CT molecular complexity index is 436. The molecule has 1 fully saturated rings. The minimum Gasteiger partial charge on any atom is -0.491 e. The molecule has 0 bridgehead atoms. The molecule has 0 aromatic heterocycles. The molecule has 0 saturated heterocycles. The molecule has 1 aliphatic rings. The van der Waals surface area contributed by atoms with E-state index in [4.69, 9.17) is 4.74 Å². The Morgan fingerprint density at radius 2 is 1.80 bits per heavy atom. The van der Waals surface area contributed by atoms with Gasteiger partial charge in [-0.25, -0.2) is 8.78 Å². The lowest BCUT2D eigenvalue weighted by Crippen LogP contribution is -2.28. The molecule has 1 aliphatic carbocycles. The molecule has 1 aromatic carbocycles. The maximum atomic E-state index is 13.2. The SMILES string of the molecule is CC(C)Oc1ccccc1C(O)C1CCC(F)(F)CC1. The third kappa shape index (κ3) is 3.69. The minimum atomic E-state index is -2.57. The molecular weight excluding hydrogens is 262 g/mol. The number of benzene rings is 1. The van der Waals surface area contributed by atoms with Gasteiger partial charge in [-0.05, 0) is 38.7 Å². The van der Waals surface area contributed by atoms with Crippen molar-refractivity contribution in [2.24, 2.45) is 5.92 Å². The highest BCUT2D eigenvalue weighted by molar-refractivity contribution is 5.35. The molecule has 20 heavy (non-hydrogen) atoms. The average Bonchev–Trinajstić information content (AvgIpc) is 2.38. The van der Waals surface area contributed by atoms with Crippen LogP contribution in [0.15, 0.2) is 24.3 Å². The normalized spacial score (nSPS) is 20.9. The fraction of sp³-hybridized carbons (Fsp3) is 0.625. The van der Waals surface area contributed by atoms with E-state index in [-0.39, 0.29) is 24.9 Å². The molecule has 1 atom stereocenters. The highest BCUT2D eigenvalue weighted by Gasteiger charge is 2.38. The molecule has 0 spiro atoms. The fourth-order valence-electron chi connectivity index (χ4n) is 2.72. The largest absolute Gasteiger partial charge is 0.491 e. The van der Waals surface area contributed by atoms with E-state index in [0.717, 1.165) is 0 Å². The predicted octanol–water partition coefficient (Wildman–Crippen LogP) is 4.33. The number of hydrogen-bond acceptors (Lipinski definition) is 2. The van der Waals surface area contributed by atoms with Crippen molar-refractivity contribution in [2.75, 3.05) is 0 Å². The number of rotatable bonds is 4. The molecule has 2 nitrogen and oxygen atoms in total. The van der Waals surface area contributed by atoms with Gasteiger partial charge in [0.1, 0.15) is 5.75 Å². The zero-order chi connectivity index (χ0) is 14.8. The van der Waals surface area contributed by atoms with Gasteiger partial charge in [0, 0.05) is 18.4 Å². The van der Waals surface area contributed by atoms with Crippen LogP contribution >= 0.6 is 0 Å².